The summed E-state index contributed by atoms with van der Waals surface area (Å²) in [5.74, 6) is 0. The van der Waals surface area contributed by atoms with Crippen molar-refractivity contribution in [3.63, 3.8) is 0 Å². The second kappa shape index (κ2) is 37.6. The molecule has 8 aromatic heterocycles. The fraction of sp³-hybridized carbons (Fsp3) is 0.250. The van der Waals surface area contributed by atoms with Gasteiger partial charge in [0.05, 0.1) is 76.8 Å². The second-order valence-electron chi connectivity index (χ2n) is 40.1. The molecule has 4 nitrogen and oxygen atoms in total. The minimum atomic E-state index is -0.563. The van der Waals surface area contributed by atoms with Gasteiger partial charge in [-0.2, -0.15) is 0 Å². The number of para-hydroxylation sites is 5. The minimum Gasteiger partial charge on any atom is -0.456 e. The zero-order chi connectivity index (χ0) is 145. The summed E-state index contributed by atoms with van der Waals surface area (Å²) in [6.45, 7) is 44.8. The van der Waals surface area contributed by atoms with Gasteiger partial charge in [0.25, 0.3) is 0 Å². The van der Waals surface area contributed by atoms with E-state index in [1.54, 1.807) is 0 Å². The number of hydrogen-bond acceptors (Lipinski definition) is 8. The molecule has 688 valence electrons. The van der Waals surface area contributed by atoms with E-state index < -0.39 is 85.6 Å². The van der Waals surface area contributed by atoms with E-state index in [-0.39, 0.29) is 400 Å². The largest absolute Gasteiger partial charge is 0.456 e. The van der Waals surface area contributed by atoms with Crippen molar-refractivity contribution >= 4 is 214 Å². The first-order valence-corrected chi connectivity index (χ1v) is 46.5. The molecule has 8 heteroatoms. The van der Waals surface area contributed by atoms with Crippen molar-refractivity contribution < 1.29 is 94.4 Å². The summed E-state index contributed by atoms with van der Waals surface area (Å²) in [4.78, 5) is 0. The van der Waals surface area contributed by atoms with Crippen molar-refractivity contribution in [1.29, 1.82) is 0 Å². The fourth-order valence-electron chi connectivity index (χ4n) is 14.3. The zero-order valence-corrected chi connectivity index (χ0v) is 82.5. The smallest absolute Gasteiger partial charge is 0.139 e. The van der Waals surface area contributed by atoms with E-state index in [4.69, 9.17) is 94.4 Å². The number of benzene rings is 16. The Morgan fingerprint density at radius 3 is 1.02 bits per heavy atom. The molecule has 0 saturated heterocycles. The van der Waals surface area contributed by atoms with Crippen LogP contribution >= 0.6 is 45.3 Å². The van der Waals surface area contributed by atoms with Gasteiger partial charge in [-0.15, -0.1) is 45.3 Å². The number of fused-ring (bicyclic) bond motifs is 24. The molecule has 8 heterocycles. The maximum absolute atomic E-state index is 8.57. The highest BCUT2D eigenvalue weighted by molar-refractivity contribution is 7.27. The molecule has 24 rings (SSSR count). The molecule has 0 aliphatic carbocycles. The topological polar surface area (TPSA) is 52.6 Å². The highest BCUT2D eigenvalue weighted by Gasteiger charge is 2.27. The first kappa shape index (κ1) is 48.6. The van der Waals surface area contributed by atoms with Crippen LogP contribution in [0.1, 0.15) is 287 Å². The first-order valence-electron chi connectivity index (χ1n) is 71.3. The molecule has 0 saturated carbocycles. The van der Waals surface area contributed by atoms with Crippen LogP contribution in [-0.2, 0) is 43.3 Å². The Bertz CT molecular complexity index is 11300. The average molecular weight is 1920 g/mol. The summed E-state index contributed by atoms with van der Waals surface area (Å²) < 4.78 is 479. The summed E-state index contributed by atoms with van der Waals surface area (Å²) in [6, 6.07) is -12.4. The van der Waals surface area contributed by atoms with E-state index in [1.807, 2.05) is 166 Å². The van der Waals surface area contributed by atoms with Crippen LogP contribution < -0.4 is 0 Å². The zero-order valence-electron chi connectivity index (χ0n) is 135. The van der Waals surface area contributed by atoms with Gasteiger partial charge in [0.15, 0.2) is 0 Å². The number of rotatable bonds is 0. The van der Waals surface area contributed by atoms with Gasteiger partial charge < -0.3 is 17.7 Å². The lowest BCUT2D eigenvalue weighted by molar-refractivity contribution is 0.573. The molecule has 0 amide bonds. The van der Waals surface area contributed by atoms with Crippen LogP contribution in [0.15, 0.2) is 356 Å². The Labute approximate surface area is 897 Å². The van der Waals surface area contributed by atoms with Crippen LogP contribution in [0, 0.1) is 0 Å². The molecule has 16 aromatic carbocycles. The van der Waals surface area contributed by atoms with Crippen molar-refractivity contribution in [3.05, 3.63) is 383 Å². The van der Waals surface area contributed by atoms with Gasteiger partial charge in [-0.05, 0) is 179 Å². The molecular weight excluding hydrogens is 1730 g/mol. The standard InChI is InChI=1S/4C16H16O.4C16H16S/c1-16(2,3)13-9-6-8-12-11-7-4-5-10-14(11)17-15(12)13;1-16(2,3)12-8-6-10-14-15(12)11-7-4-5-9-13(11)17-14;1-16(2,3)11-8-9-15-13(10-11)12-6-4-5-7-14(12)17-15;1-16(2,3)11-8-9-13-12-6-4-5-7-14(12)17-15(13)10-11;1-16(2,3)13-9-6-8-12-11-7-4-5-10-14(11)17-15(12)13;1-16(2,3)12-8-6-10-14-15(12)11-7-4-5-9-13(11)17-14;1-16(2,3)11-8-9-15-13(10-11)12-6-4-5-7-14(12)17-15;1-16(2,3)11-8-9-13-12-6-4-5-7-14(12)17-15(13)10-11/h8*4-10H,1-3H3/i8*4D,5D,6D,7D,8D,9D,10D. The maximum Gasteiger partial charge on any atom is 0.139 e. The Kier molecular flexibility index (Phi) is 13.4. The Morgan fingerprint density at radius 1 is 0.169 bits per heavy atom. The van der Waals surface area contributed by atoms with Gasteiger partial charge in [0.1, 0.15) is 44.7 Å². The van der Waals surface area contributed by atoms with Gasteiger partial charge in [-0.1, -0.05) is 408 Å². The third-order valence-corrected chi connectivity index (χ3v) is 25.5. The normalized spacial score (nSPS) is 18.2. The molecule has 0 N–H and O–H groups in total. The molecular formula is C128H128O4S4. The van der Waals surface area contributed by atoms with Gasteiger partial charge in [0, 0.05) is 129 Å². The average Bonchev–Trinajstić information content (AvgIpc) is 1.54. The summed E-state index contributed by atoms with van der Waals surface area (Å²) >= 11 is 4.45. The molecule has 0 bridgehead atoms. The van der Waals surface area contributed by atoms with E-state index in [0.29, 0.717) is 109 Å². The molecule has 0 spiro atoms. The molecule has 0 unspecified atom stereocenters. The second-order valence-corrected chi connectivity index (χ2v) is 44.2. The summed E-state index contributed by atoms with van der Waals surface area (Å²) in [7, 11) is 0. The van der Waals surface area contributed by atoms with Crippen LogP contribution in [0.2, 0.25) is 0 Å². The third-order valence-electron chi connectivity index (χ3n) is 21.3. The first-order chi connectivity index (χ1) is 87.8. The quantitative estimate of drug-likeness (QED) is 0.152. The molecule has 0 radical (unpaired) electrons. The SMILES string of the molecule is [2H]c1c([2H])c([2H])c2c(oc3c(C(C)(C)C)c([2H])c([2H])c([2H])c32)c1[2H].[2H]c1c([2H])c([2H])c2c(oc3c([2H])c(C(C)(C)C)c([2H])c([2H])c32)c1[2H].[2H]c1c([2H])c([2H])c2c(oc3c([2H])c([2H])c(C(C)(C)C)c([2H])c32)c1[2H].[2H]c1c([2H])c([2H])c2c(oc3c([2H])c([2H])c([2H])c(C(C)(C)C)c32)c1[2H].[2H]c1c([2H])c([2H])c2c(sc3c(C(C)(C)C)c([2H])c([2H])c([2H])c32)c1[2H].[2H]c1c([2H])c([2H])c2c(sc3c([2H])c(C(C)(C)C)c([2H])c([2H])c32)c1[2H].[2H]c1c([2H])c([2H])c2c(sc3c([2H])c([2H])c(C(C)(C)C)c([2H])c32)c1[2H].[2H]c1c([2H])c([2H])c2c(sc3c([2H])c([2H])c([2H])c(C(C)(C)C)c32)c1[2H]. The van der Waals surface area contributed by atoms with Crippen molar-refractivity contribution in [1.82, 2.24) is 0 Å². The Hall–Kier alpha value is -12.4. The van der Waals surface area contributed by atoms with E-state index in [1.165, 1.54) is 11.3 Å². The van der Waals surface area contributed by atoms with Crippen LogP contribution in [0.3, 0.4) is 0 Å². The minimum absolute atomic E-state index is 0.0122. The third kappa shape index (κ3) is 20.2. The Balaban J connectivity index is 0.000000143. The fourth-order valence-corrected chi connectivity index (χ4v) is 18.4. The summed E-state index contributed by atoms with van der Waals surface area (Å²) in [5, 5.41) is 3.86. The number of hydrogen-bond donors (Lipinski definition) is 0. The molecule has 0 fully saturated rings. The number of thiophene rings is 4. The lowest BCUT2D eigenvalue weighted by atomic mass is 9.84. The van der Waals surface area contributed by atoms with E-state index in [2.05, 4.69) is 0 Å². The number of furan rings is 4. The van der Waals surface area contributed by atoms with Crippen molar-refractivity contribution in [2.75, 3.05) is 0 Å². The molecule has 24 aromatic rings. The summed E-state index contributed by atoms with van der Waals surface area (Å²) in [6.07, 6.45) is 0. The van der Waals surface area contributed by atoms with Crippen LogP contribution in [0.4, 0.5) is 0 Å². The molecule has 0 atom stereocenters. The van der Waals surface area contributed by atoms with Gasteiger partial charge >= 0.3 is 0 Å². The Morgan fingerprint density at radius 2 is 0.471 bits per heavy atom. The summed E-state index contributed by atoms with van der Waals surface area (Å²) in [5.41, 5.74) is -0.580. The van der Waals surface area contributed by atoms with Crippen molar-refractivity contribution in [2.45, 2.75) is 209 Å². The lowest BCUT2D eigenvalue weighted by Gasteiger charge is -2.20. The van der Waals surface area contributed by atoms with Gasteiger partial charge in [-0.3, -0.25) is 0 Å². The molecule has 0 aliphatic rings. The van der Waals surface area contributed by atoms with Crippen LogP contribution in [0.5, 0.6) is 0 Å². The predicted octanol–water partition coefficient (Wildman–Crippen LogP) is 40.9. The van der Waals surface area contributed by atoms with Crippen molar-refractivity contribution in [3.8, 4) is 0 Å². The lowest BCUT2D eigenvalue weighted by Crippen LogP contribution is -2.11. The van der Waals surface area contributed by atoms with E-state index in [9.17, 15) is 0 Å². The highest BCUT2D eigenvalue weighted by Crippen LogP contribution is 2.46. The van der Waals surface area contributed by atoms with E-state index >= 15 is 0 Å². The monoisotopic (exact) mass is 1910 g/mol. The van der Waals surface area contributed by atoms with Crippen LogP contribution in [-0.4, -0.2) is 0 Å². The van der Waals surface area contributed by atoms with Crippen LogP contribution in [0.25, 0.3) is 168 Å². The maximum atomic E-state index is 8.57. The molecule has 0 aliphatic heterocycles. The molecule has 136 heavy (non-hydrogen) atoms. The predicted molar refractivity (Wildman–Crippen MR) is 602 cm³/mol. The highest BCUT2D eigenvalue weighted by atomic mass is 32.1. The van der Waals surface area contributed by atoms with Gasteiger partial charge in [0.2, 0.25) is 0 Å². The van der Waals surface area contributed by atoms with Gasteiger partial charge in [-0.25, -0.2) is 0 Å². The van der Waals surface area contributed by atoms with E-state index in [0.717, 1.165) is 34.0 Å². The van der Waals surface area contributed by atoms with Crippen molar-refractivity contribution in [2.24, 2.45) is 0 Å².